The highest BCUT2D eigenvalue weighted by atomic mass is 35.5. The van der Waals surface area contributed by atoms with E-state index in [1.54, 1.807) is 6.20 Å². The van der Waals surface area contributed by atoms with Crippen molar-refractivity contribution in [3.8, 4) is 0 Å². The molecule has 36 heavy (non-hydrogen) atoms. The second kappa shape index (κ2) is 9.47. The summed E-state index contributed by atoms with van der Waals surface area (Å²) in [5.74, 6) is 2.73. The zero-order valence-electron chi connectivity index (χ0n) is 20.8. The molecule has 2 heterocycles. The summed E-state index contributed by atoms with van der Waals surface area (Å²) in [6.07, 6.45) is 7.66. The standard InChI is InChI=1S/C27H35ClN6O2/c1-33-7-2-8-34(10-9-33)25(35)18-3-5-21(6-4-18)30-26-29-16-22(28)24(32-26)31-23-19-11-17-12-20(23)15-27(36,13-17)14-19/h3-6,16-17,19-20,23,36H,2,7-15H2,1H3,(H2,29,30,31,32). The molecule has 1 amide bonds. The molecule has 0 spiro atoms. The van der Waals surface area contributed by atoms with Crippen LogP contribution in [0.5, 0.6) is 0 Å². The average Bonchev–Trinajstić information content (AvgIpc) is 3.06. The molecule has 1 saturated heterocycles. The fourth-order valence-corrected chi connectivity index (χ4v) is 7.31. The molecule has 4 aliphatic carbocycles. The number of carbonyl (C=O) groups excluding carboxylic acids is 1. The number of nitrogens with zero attached hydrogens (tertiary/aromatic N) is 4. The predicted molar refractivity (Wildman–Crippen MR) is 141 cm³/mol. The quantitative estimate of drug-likeness (QED) is 0.559. The molecular formula is C27H35ClN6O2. The van der Waals surface area contributed by atoms with Crippen LogP contribution in [0.4, 0.5) is 17.5 Å². The number of carbonyl (C=O) groups is 1. The lowest BCUT2D eigenvalue weighted by Crippen LogP contribution is -2.59. The van der Waals surface area contributed by atoms with Crippen molar-refractivity contribution in [3.63, 3.8) is 0 Å². The Balaban J connectivity index is 1.12. The van der Waals surface area contributed by atoms with Crippen LogP contribution in [0.2, 0.25) is 5.02 Å². The molecule has 192 valence electrons. The Morgan fingerprint density at radius 3 is 2.56 bits per heavy atom. The number of halogens is 1. The molecule has 1 aromatic heterocycles. The first-order valence-corrected chi connectivity index (χ1v) is 13.6. The number of hydrogen-bond acceptors (Lipinski definition) is 7. The Hall–Kier alpha value is -2.42. The van der Waals surface area contributed by atoms with E-state index in [2.05, 4.69) is 32.5 Å². The number of likely N-dealkylation sites (N-methyl/N-ethyl adjacent to an activating group) is 1. The Morgan fingerprint density at radius 2 is 1.83 bits per heavy atom. The van der Waals surface area contributed by atoms with Crippen LogP contribution in [0.25, 0.3) is 0 Å². The number of nitrogens with one attached hydrogen (secondary N) is 2. The highest BCUT2D eigenvalue weighted by Crippen LogP contribution is 2.56. The van der Waals surface area contributed by atoms with Gasteiger partial charge >= 0.3 is 0 Å². The molecule has 5 fully saturated rings. The van der Waals surface area contributed by atoms with Crippen molar-refractivity contribution in [3.05, 3.63) is 41.0 Å². The molecule has 0 radical (unpaired) electrons. The van der Waals surface area contributed by atoms with Gasteiger partial charge < -0.3 is 25.5 Å². The van der Waals surface area contributed by atoms with Crippen LogP contribution in [0.15, 0.2) is 30.5 Å². The van der Waals surface area contributed by atoms with Crippen LogP contribution in [0.3, 0.4) is 0 Å². The third-order valence-corrected chi connectivity index (χ3v) is 8.96. The van der Waals surface area contributed by atoms with Gasteiger partial charge in [-0.2, -0.15) is 4.98 Å². The van der Waals surface area contributed by atoms with Crippen molar-refractivity contribution in [2.75, 3.05) is 43.9 Å². The van der Waals surface area contributed by atoms with Crippen molar-refractivity contribution in [1.82, 2.24) is 19.8 Å². The van der Waals surface area contributed by atoms with Gasteiger partial charge in [-0.3, -0.25) is 4.79 Å². The molecule has 4 bridgehead atoms. The van der Waals surface area contributed by atoms with E-state index in [0.29, 0.717) is 40.1 Å². The van der Waals surface area contributed by atoms with Crippen molar-refractivity contribution in [2.45, 2.75) is 50.2 Å². The summed E-state index contributed by atoms with van der Waals surface area (Å²) in [5, 5.41) is 18.2. The Kier molecular flexibility index (Phi) is 6.30. The van der Waals surface area contributed by atoms with E-state index in [0.717, 1.165) is 57.5 Å². The van der Waals surface area contributed by atoms with Gasteiger partial charge in [0.1, 0.15) is 5.02 Å². The van der Waals surface area contributed by atoms with Crippen LogP contribution in [-0.2, 0) is 0 Å². The van der Waals surface area contributed by atoms with Crippen molar-refractivity contribution >= 4 is 35.0 Å². The maximum Gasteiger partial charge on any atom is 0.253 e. The van der Waals surface area contributed by atoms with Crippen molar-refractivity contribution < 1.29 is 9.90 Å². The molecule has 2 atom stereocenters. The minimum atomic E-state index is -0.464. The van der Waals surface area contributed by atoms with E-state index in [1.807, 2.05) is 29.2 Å². The summed E-state index contributed by atoms with van der Waals surface area (Å²) in [6.45, 7) is 3.47. The third-order valence-electron chi connectivity index (χ3n) is 8.68. The molecule has 4 saturated carbocycles. The Morgan fingerprint density at radius 1 is 1.08 bits per heavy atom. The molecule has 2 aromatic rings. The predicted octanol–water partition coefficient (Wildman–Crippen LogP) is 4.00. The van der Waals surface area contributed by atoms with E-state index in [4.69, 9.17) is 11.6 Å². The second-order valence-corrected chi connectivity index (χ2v) is 11.8. The summed E-state index contributed by atoms with van der Waals surface area (Å²) in [4.78, 5) is 26.2. The van der Waals surface area contributed by atoms with Gasteiger partial charge in [-0.1, -0.05) is 11.6 Å². The summed E-state index contributed by atoms with van der Waals surface area (Å²) < 4.78 is 0. The fourth-order valence-electron chi connectivity index (χ4n) is 7.16. The molecule has 2 unspecified atom stereocenters. The van der Waals surface area contributed by atoms with Crippen molar-refractivity contribution in [1.29, 1.82) is 0 Å². The maximum absolute atomic E-state index is 12.9. The first-order chi connectivity index (χ1) is 17.3. The van der Waals surface area contributed by atoms with E-state index in [1.165, 1.54) is 12.8 Å². The Bertz CT molecular complexity index is 1110. The molecule has 1 aromatic carbocycles. The smallest absolute Gasteiger partial charge is 0.253 e. The Labute approximate surface area is 217 Å². The lowest BCUT2D eigenvalue weighted by molar-refractivity contribution is -0.129. The van der Waals surface area contributed by atoms with Crippen LogP contribution < -0.4 is 10.6 Å². The summed E-state index contributed by atoms with van der Waals surface area (Å²) in [6, 6.07) is 7.77. The van der Waals surface area contributed by atoms with Gasteiger partial charge in [0.25, 0.3) is 5.91 Å². The number of benzene rings is 1. The number of rotatable bonds is 5. The lowest BCUT2D eigenvalue weighted by Gasteiger charge is -2.58. The van der Waals surface area contributed by atoms with Gasteiger partial charge in [0, 0.05) is 36.9 Å². The molecular weight excluding hydrogens is 476 g/mol. The zero-order chi connectivity index (χ0) is 24.9. The molecule has 1 aliphatic heterocycles. The lowest BCUT2D eigenvalue weighted by atomic mass is 9.52. The summed E-state index contributed by atoms with van der Waals surface area (Å²) >= 11 is 6.48. The minimum absolute atomic E-state index is 0.0754. The molecule has 7 rings (SSSR count). The van der Waals surface area contributed by atoms with Gasteiger partial charge in [-0.15, -0.1) is 0 Å². The van der Waals surface area contributed by atoms with E-state index in [-0.39, 0.29) is 11.9 Å². The molecule has 8 nitrogen and oxygen atoms in total. The van der Waals surface area contributed by atoms with Gasteiger partial charge in [0.05, 0.1) is 11.8 Å². The summed E-state index contributed by atoms with van der Waals surface area (Å²) in [7, 11) is 2.10. The van der Waals surface area contributed by atoms with E-state index >= 15 is 0 Å². The van der Waals surface area contributed by atoms with E-state index < -0.39 is 5.60 Å². The van der Waals surface area contributed by atoms with Crippen LogP contribution >= 0.6 is 11.6 Å². The molecule has 3 N–H and O–H groups in total. The first kappa shape index (κ1) is 23.9. The van der Waals surface area contributed by atoms with Gasteiger partial charge in [-0.05, 0) is 94.1 Å². The largest absolute Gasteiger partial charge is 0.390 e. The van der Waals surface area contributed by atoms with Crippen LogP contribution in [0.1, 0.15) is 48.9 Å². The molecule has 9 heteroatoms. The number of anilines is 3. The van der Waals surface area contributed by atoms with Gasteiger partial charge in [-0.25, -0.2) is 4.98 Å². The number of amides is 1. The number of hydrogen-bond donors (Lipinski definition) is 3. The summed E-state index contributed by atoms with van der Waals surface area (Å²) in [5.41, 5.74) is 1.04. The van der Waals surface area contributed by atoms with Gasteiger partial charge in [0.2, 0.25) is 5.95 Å². The third kappa shape index (κ3) is 4.78. The SMILES string of the molecule is CN1CCCN(C(=O)c2ccc(Nc3ncc(Cl)c(NC4C5CC6CC4CC(O)(C6)C5)n3)cc2)CC1. The first-order valence-electron chi connectivity index (χ1n) is 13.2. The number of aromatic nitrogens is 2. The van der Waals surface area contributed by atoms with Crippen LogP contribution in [0, 0.1) is 17.8 Å². The highest BCUT2D eigenvalue weighted by molar-refractivity contribution is 6.32. The fraction of sp³-hybridized carbons (Fsp3) is 0.593. The van der Waals surface area contributed by atoms with Crippen molar-refractivity contribution in [2.24, 2.45) is 17.8 Å². The number of aliphatic hydroxyl groups is 1. The second-order valence-electron chi connectivity index (χ2n) is 11.4. The molecule has 5 aliphatic rings. The topological polar surface area (TPSA) is 93.6 Å². The van der Waals surface area contributed by atoms with Gasteiger partial charge in [0.15, 0.2) is 5.82 Å². The zero-order valence-corrected chi connectivity index (χ0v) is 21.5. The minimum Gasteiger partial charge on any atom is -0.390 e. The van der Waals surface area contributed by atoms with Crippen LogP contribution in [-0.4, -0.2) is 75.7 Å². The monoisotopic (exact) mass is 510 g/mol. The van der Waals surface area contributed by atoms with E-state index in [9.17, 15) is 9.90 Å². The maximum atomic E-state index is 12.9. The highest BCUT2D eigenvalue weighted by Gasteiger charge is 2.54. The normalized spacial score (nSPS) is 31.8. The average molecular weight is 511 g/mol.